The van der Waals surface area contributed by atoms with Crippen molar-refractivity contribution >= 4 is 29.1 Å². The van der Waals surface area contributed by atoms with Crippen LogP contribution in [0.25, 0.3) is 0 Å². The van der Waals surface area contributed by atoms with Gasteiger partial charge in [0, 0.05) is 18.8 Å². The molecule has 1 aromatic rings. The maximum absolute atomic E-state index is 12.3. The lowest BCUT2D eigenvalue weighted by Crippen LogP contribution is -2.53. The van der Waals surface area contributed by atoms with Crippen LogP contribution >= 0.6 is 11.6 Å². The summed E-state index contributed by atoms with van der Waals surface area (Å²) < 4.78 is 5.46. The van der Waals surface area contributed by atoms with Crippen LogP contribution in [0.1, 0.15) is 30.6 Å². The lowest BCUT2D eigenvalue weighted by molar-refractivity contribution is -0.123. The van der Waals surface area contributed by atoms with Gasteiger partial charge in [-0.3, -0.25) is 9.59 Å². The number of carbonyl (C=O) groups is 2. The molecule has 0 saturated carbocycles. The first-order valence-corrected chi connectivity index (χ1v) is 8.14. The zero-order chi connectivity index (χ0) is 16.8. The van der Waals surface area contributed by atoms with Crippen molar-refractivity contribution in [2.75, 3.05) is 25.0 Å². The SMILES string of the molecule is CCCNC(=O)c1ccc(NC(=O)[C@H]2NCCO[C@@H]2C)cc1Cl. The van der Waals surface area contributed by atoms with Crippen molar-refractivity contribution in [2.24, 2.45) is 0 Å². The summed E-state index contributed by atoms with van der Waals surface area (Å²) in [5, 5.41) is 8.99. The molecular formula is C16H22ClN3O3. The molecule has 7 heteroatoms. The van der Waals surface area contributed by atoms with Crippen LogP contribution in [0, 0.1) is 0 Å². The summed E-state index contributed by atoms with van der Waals surface area (Å²) in [6, 6.07) is 4.44. The van der Waals surface area contributed by atoms with E-state index < -0.39 is 6.04 Å². The molecule has 0 unspecified atom stereocenters. The minimum atomic E-state index is -0.407. The number of hydrogen-bond acceptors (Lipinski definition) is 4. The quantitative estimate of drug-likeness (QED) is 0.764. The molecule has 1 saturated heterocycles. The largest absolute Gasteiger partial charge is 0.375 e. The third-order valence-corrected chi connectivity index (χ3v) is 3.93. The molecule has 1 aromatic carbocycles. The van der Waals surface area contributed by atoms with Gasteiger partial charge in [-0.1, -0.05) is 18.5 Å². The van der Waals surface area contributed by atoms with Crippen LogP contribution in [0.3, 0.4) is 0 Å². The zero-order valence-corrected chi connectivity index (χ0v) is 14.1. The number of benzene rings is 1. The van der Waals surface area contributed by atoms with E-state index in [2.05, 4.69) is 16.0 Å². The molecule has 1 aliphatic rings. The fourth-order valence-electron chi connectivity index (χ4n) is 2.36. The van der Waals surface area contributed by atoms with E-state index in [0.29, 0.717) is 36.0 Å². The minimum absolute atomic E-state index is 0.184. The predicted octanol–water partition coefficient (Wildman–Crippen LogP) is 1.80. The molecular weight excluding hydrogens is 318 g/mol. The molecule has 0 bridgehead atoms. The van der Waals surface area contributed by atoms with Gasteiger partial charge in [-0.25, -0.2) is 0 Å². The summed E-state index contributed by atoms with van der Waals surface area (Å²) in [7, 11) is 0. The van der Waals surface area contributed by atoms with Crippen molar-refractivity contribution < 1.29 is 14.3 Å². The third-order valence-electron chi connectivity index (χ3n) is 3.62. The van der Waals surface area contributed by atoms with Crippen molar-refractivity contribution in [1.29, 1.82) is 0 Å². The number of halogens is 1. The van der Waals surface area contributed by atoms with Gasteiger partial charge in [0.25, 0.3) is 5.91 Å². The normalized spacial score (nSPS) is 20.8. The minimum Gasteiger partial charge on any atom is -0.375 e. The van der Waals surface area contributed by atoms with E-state index in [4.69, 9.17) is 16.3 Å². The van der Waals surface area contributed by atoms with E-state index in [0.717, 1.165) is 6.42 Å². The number of amides is 2. The number of rotatable bonds is 5. The fourth-order valence-corrected chi connectivity index (χ4v) is 2.62. The number of anilines is 1. The first kappa shape index (κ1) is 17.7. The van der Waals surface area contributed by atoms with Gasteiger partial charge in [0.1, 0.15) is 6.04 Å². The molecule has 1 fully saturated rings. The van der Waals surface area contributed by atoms with Crippen LogP contribution in [0.15, 0.2) is 18.2 Å². The zero-order valence-electron chi connectivity index (χ0n) is 13.3. The van der Waals surface area contributed by atoms with Gasteiger partial charge in [0.15, 0.2) is 0 Å². The second-order valence-corrected chi connectivity index (χ2v) is 5.85. The molecule has 2 amide bonds. The highest BCUT2D eigenvalue weighted by molar-refractivity contribution is 6.34. The first-order chi connectivity index (χ1) is 11.0. The average Bonchev–Trinajstić information content (AvgIpc) is 2.53. The molecule has 2 rings (SSSR count). The maximum atomic E-state index is 12.3. The number of ether oxygens (including phenoxy) is 1. The Morgan fingerprint density at radius 3 is 2.87 bits per heavy atom. The molecule has 0 aromatic heterocycles. The van der Waals surface area contributed by atoms with Gasteiger partial charge in [0.05, 0.1) is 23.3 Å². The summed E-state index contributed by atoms with van der Waals surface area (Å²) in [5.41, 5.74) is 0.942. The highest BCUT2D eigenvalue weighted by Gasteiger charge is 2.28. The number of morpholine rings is 1. The topological polar surface area (TPSA) is 79.5 Å². The first-order valence-electron chi connectivity index (χ1n) is 7.76. The van der Waals surface area contributed by atoms with Crippen LogP contribution in [0.5, 0.6) is 0 Å². The Balaban J connectivity index is 2.02. The summed E-state index contributed by atoms with van der Waals surface area (Å²) >= 11 is 6.15. The smallest absolute Gasteiger partial charge is 0.252 e. The van der Waals surface area contributed by atoms with Gasteiger partial charge < -0.3 is 20.7 Å². The highest BCUT2D eigenvalue weighted by atomic mass is 35.5. The summed E-state index contributed by atoms with van der Waals surface area (Å²) in [6.45, 7) is 5.66. The maximum Gasteiger partial charge on any atom is 0.252 e. The highest BCUT2D eigenvalue weighted by Crippen LogP contribution is 2.21. The van der Waals surface area contributed by atoms with E-state index in [1.807, 2.05) is 13.8 Å². The van der Waals surface area contributed by atoms with E-state index in [9.17, 15) is 9.59 Å². The standard InChI is InChI=1S/C16H22ClN3O3/c1-3-6-19-15(21)12-5-4-11(9-13(12)17)20-16(22)14-10(2)23-8-7-18-14/h4-5,9-10,14,18H,3,6-8H2,1-2H3,(H,19,21)(H,20,22)/t10-,14+/m1/s1. The lowest BCUT2D eigenvalue weighted by Gasteiger charge is -2.29. The molecule has 2 atom stereocenters. The van der Waals surface area contributed by atoms with Gasteiger partial charge in [-0.2, -0.15) is 0 Å². The lowest BCUT2D eigenvalue weighted by atomic mass is 10.1. The molecule has 3 N–H and O–H groups in total. The van der Waals surface area contributed by atoms with Crippen molar-refractivity contribution in [3.63, 3.8) is 0 Å². The molecule has 126 valence electrons. The number of hydrogen-bond donors (Lipinski definition) is 3. The second-order valence-electron chi connectivity index (χ2n) is 5.45. The number of nitrogens with one attached hydrogen (secondary N) is 3. The van der Waals surface area contributed by atoms with Gasteiger partial charge >= 0.3 is 0 Å². The Hall–Kier alpha value is -1.63. The third kappa shape index (κ3) is 4.67. The summed E-state index contributed by atoms with van der Waals surface area (Å²) in [6.07, 6.45) is 0.657. The van der Waals surface area contributed by atoms with E-state index in [1.165, 1.54) is 0 Å². The van der Waals surface area contributed by atoms with Gasteiger partial charge in [-0.05, 0) is 31.5 Å². The fraction of sp³-hybridized carbons (Fsp3) is 0.500. The Kier molecular flexibility index (Phi) is 6.38. The van der Waals surface area contributed by atoms with Crippen LogP contribution in [-0.2, 0) is 9.53 Å². The molecule has 6 nitrogen and oxygen atoms in total. The van der Waals surface area contributed by atoms with Crippen LogP contribution < -0.4 is 16.0 Å². The Bertz CT molecular complexity index is 580. The van der Waals surface area contributed by atoms with Crippen LogP contribution in [0.2, 0.25) is 5.02 Å². The van der Waals surface area contributed by atoms with Crippen molar-refractivity contribution in [3.8, 4) is 0 Å². The van der Waals surface area contributed by atoms with Gasteiger partial charge in [-0.15, -0.1) is 0 Å². The number of carbonyl (C=O) groups excluding carboxylic acids is 2. The summed E-state index contributed by atoms with van der Waals surface area (Å²) in [4.78, 5) is 24.2. The monoisotopic (exact) mass is 339 g/mol. The van der Waals surface area contributed by atoms with Gasteiger partial charge in [0.2, 0.25) is 5.91 Å². The Morgan fingerprint density at radius 2 is 2.22 bits per heavy atom. The predicted molar refractivity (Wildman–Crippen MR) is 89.9 cm³/mol. The van der Waals surface area contributed by atoms with Crippen LogP contribution in [0.4, 0.5) is 5.69 Å². The second kappa shape index (κ2) is 8.29. The molecule has 1 aliphatic heterocycles. The molecule has 1 heterocycles. The van der Waals surface area contributed by atoms with Crippen LogP contribution in [-0.4, -0.2) is 43.7 Å². The molecule has 0 radical (unpaired) electrons. The molecule has 23 heavy (non-hydrogen) atoms. The van der Waals surface area contributed by atoms with Crippen molar-refractivity contribution in [2.45, 2.75) is 32.4 Å². The molecule has 0 spiro atoms. The van der Waals surface area contributed by atoms with E-state index in [1.54, 1.807) is 18.2 Å². The van der Waals surface area contributed by atoms with Crippen molar-refractivity contribution in [3.05, 3.63) is 28.8 Å². The van der Waals surface area contributed by atoms with Crippen molar-refractivity contribution in [1.82, 2.24) is 10.6 Å². The van der Waals surface area contributed by atoms with E-state index in [-0.39, 0.29) is 17.9 Å². The molecule has 0 aliphatic carbocycles. The summed E-state index contributed by atoms with van der Waals surface area (Å²) in [5.74, 6) is -0.401. The Labute approximate surface area is 140 Å². The average molecular weight is 340 g/mol. The Morgan fingerprint density at radius 1 is 1.43 bits per heavy atom. The van der Waals surface area contributed by atoms with E-state index >= 15 is 0 Å².